The number of benzene rings is 2. The Kier molecular flexibility index (Phi) is 8.23. The molecule has 2 atom stereocenters. The molecule has 2 aromatic carbocycles. The molecular formula is C19H24Cl2N2O2. The second-order valence-corrected chi connectivity index (χ2v) is 6.47. The largest absolute Gasteiger partial charge is 0.489 e. The van der Waals surface area contributed by atoms with E-state index < -0.39 is 0 Å². The average Bonchev–Trinajstić information content (AvgIpc) is 2.54. The number of nitrogens with two attached hydrogens (primary N) is 1. The summed E-state index contributed by atoms with van der Waals surface area (Å²) in [5.41, 5.74) is 8.47. The van der Waals surface area contributed by atoms with Crippen LogP contribution in [0.25, 0.3) is 0 Å². The van der Waals surface area contributed by atoms with Gasteiger partial charge in [0.2, 0.25) is 5.91 Å². The number of ether oxygens (including phenoxy) is 1. The molecule has 0 aliphatic carbocycles. The van der Waals surface area contributed by atoms with Crippen molar-refractivity contribution in [1.82, 2.24) is 0 Å². The van der Waals surface area contributed by atoms with Gasteiger partial charge in [0, 0.05) is 16.8 Å². The van der Waals surface area contributed by atoms with E-state index in [-0.39, 0.29) is 30.3 Å². The van der Waals surface area contributed by atoms with Crippen LogP contribution < -0.4 is 15.8 Å². The Morgan fingerprint density at radius 3 is 2.56 bits per heavy atom. The molecule has 2 rings (SSSR count). The van der Waals surface area contributed by atoms with Crippen LogP contribution in [0.2, 0.25) is 5.02 Å². The van der Waals surface area contributed by atoms with Crippen molar-refractivity contribution in [3.63, 3.8) is 0 Å². The number of carbonyl (C=O) groups is 1. The van der Waals surface area contributed by atoms with Gasteiger partial charge in [-0.25, -0.2) is 0 Å². The van der Waals surface area contributed by atoms with Gasteiger partial charge in [-0.2, -0.15) is 0 Å². The number of aryl methyl sites for hydroxylation is 1. The van der Waals surface area contributed by atoms with Crippen molar-refractivity contribution in [2.24, 2.45) is 11.7 Å². The summed E-state index contributed by atoms with van der Waals surface area (Å²) in [6.07, 6.45) is 0. The monoisotopic (exact) mass is 382 g/mol. The number of carbonyl (C=O) groups excluding carboxylic acids is 1. The van der Waals surface area contributed by atoms with Gasteiger partial charge in [0.1, 0.15) is 12.4 Å². The lowest BCUT2D eigenvalue weighted by Gasteiger charge is -2.17. The van der Waals surface area contributed by atoms with Crippen LogP contribution >= 0.6 is 24.0 Å². The highest BCUT2D eigenvalue weighted by Gasteiger charge is 2.17. The van der Waals surface area contributed by atoms with Gasteiger partial charge in [-0.05, 0) is 55.3 Å². The zero-order valence-electron chi connectivity index (χ0n) is 14.6. The van der Waals surface area contributed by atoms with Crippen LogP contribution in [0.5, 0.6) is 5.75 Å². The van der Waals surface area contributed by atoms with Gasteiger partial charge in [-0.1, -0.05) is 30.7 Å². The minimum absolute atomic E-state index is 0. The third kappa shape index (κ3) is 6.24. The molecule has 136 valence electrons. The molecule has 0 aliphatic rings. The molecule has 3 N–H and O–H groups in total. The zero-order valence-corrected chi connectivity index (χ0v) is 16.2. The summed E-state index contributed by atoms with van der Waals surface area (Å²) in [6.45, 7) is 6.01. The summed E-state index contributed by atoms with van der Waals surface area (Å²) in [7, 11) is 0. The SMILES string of the molecule is Cc1cc(OCc2cccc(Cl)c2)ccc1NC(=O)C(C)C(C)N.Cl. The van der Waals surface area contributed by atoms with Crippen molar-refractivity contribution >= 4 is 35.6 Å². The Hall–Kier alpha value is -1.75. The molecule has 6 heteroatoms. The third-order valence-electron chi connectivity index (χ3n) is 3.95. The third-order valence-corrected chi connectivity index (χ3v) is 4.19. The predicted molar refractivity (Wildman–Crippen MR) is 106 cm³/mol. The molecule has 0 aromatic heterocycles. The van der Waals surface area contributed by atoms with Crippen molar-refractivity contribution in [3.05, 3.63) is 58.6 Å². The first-order valence-corrected chi connectivity index (χ1v) is 8.29. The molecule has 2 aromatic rings. The fourth-order valence-electron chi connectivity index (χ4n) is 2.14. The lowest BCUT2D eigenvalue weighted by Crippen LogP contribution is -2.34. The Balaban J connectivity index is 0.00000312. The molecule has 0 aliphatic heterocycles. The molecular weight excluding hydrogens is 359 g/mol. The molecule has 2 unspecified atom stereocenters. The van der Waals surface area contributed by atoms with Gasteiger partial charge in [0.25, 0.3) is 0 Å². The lowest BCUT2D eigenvalue weighted by atomic mass is 10.0. The van der Waals surface area contributed by atoms with Crippen LogP contribution in [0.15, 0.2) is 42.5 Å². The van der Waals surface area contributed by atoms with E-state index in [9.17, 15) is 4.79 Å². The van der Waals surface area contributed by atoms with Crippen molar-refractivity contribution in [3.8, 4) is 5.75 Å². The molecule has 0 fully saturated rings. The minimum atomic E-state index is -0.247. The van der Waals surface area contributed by atoms with E-state index in [1.165, 1.54) is 0 Å². The van der Waals surface area contributed by atoms with E-state index in [1.807, 2.05) is 63.2 Å². The van der Waals surface area contributed by atoms with Crippen LogP contribution in [0.1, 0.15) is 25.0 Å². The van der Waals surface area contributed by atoms with Gasteiger partial charge < -0.3 is 15.8 Å². The van der Waals surface area contributed by atoms with Crippen molar-refractivity contribution in [1.29, 1.82) is 0 Å². The van der Waals surface area contributed by atoms with Gasteiger partial charge in [-0.15, -0.1) is 12.4 Å². The quantitative estimate of drug-likeness (QED) is 0.768. The Morgan fingerprint density at radius 2 is 1.96 bits per heavy atom. The number of hydrogen-bond acceptors (Lipinski definition) is 3. The number of halogens is 2. The fraction of sp³-hybridized carbons (Fsp3) is 0.316. The molecule has 0 spiro atoms. The fourth-order valence-corrected chi connectivity index (χ4v) is 2.36. The van der Waals surface area contributed by atoms with Crippen LogP contribution in [-0.2, 0) is 11.4 Å². The molecule has 0 radical (unpaired) electrons. The van der Waals surface area contributed by atoms with Crippen LogP contribution in [-0.4, -0.2) is 11.9 Å². The topological polar surface area (TPSA) is 64.3 Å². The van der Waals surface area contributed by atoms with Gasteiger partial charge in [-0.3, -0.25) is 4.79 Å². The van der Waals surface area contributed by atoms with Crippen molar-refractivity contribution in [2.45, 2.75) is 33.4 Å². The normalized spacial score (nSPS) is 12.7. The molecule has 25 heavy (non-hydrogen) atoms. The zero-order chi connectivity index (χ0) is 17.7. The number of rotatable bonds is 6. The first-order valence-electron chi connectivity index (χ1n) is 7.91. The molecule has 0 heterocycles. The summed E-state index contributed by atoms with van der Waals surface area (Å²) in [4.78, 5) is 12.1. The van der Waals surface area contributed by atoms with E-state index in [0.29, 0.717) is 11.6 Å². The van der Waals surface area contributed by atoms with E-state index >= 15 is 0 Å². The molecule has 0 saturated carbocycles. The van der Waals surface area contributed by atoms with Gasteiger partial charge >= 0.3 is 0 Å². The molecule has 1 amide bonds. The maximum absolute atomic E-state index is 12.1. The average molecular weight is 383 g/mol. The maximum Gasteiger partial charge on any atom is 0.228 e. The molecule has 0 saturated heterocycles. The summed E-state index contributed by atoms with van der Waals surface area (Å²) in [6, 6.07) is 12.9. The van der Waals surface area contributed by atoms with Crippen molar-refractivity contribution < 1.29 is 9.53 Å². The smallest absolute Gasteiger partial charge is 0.228 e. The van der Waals surface area contributed by atoms with E-state index in [0.717, 1.165) is 22.6 Å². The van der Waals surface area contributed by atoms with Crippen LogP contribution in [0, 0.1) is 12.8 Å². The van der Waals surface area contributed by atoms with Crippen molar-refractivity contribution in [2.75, 3.05) is 5.32 Å². The Bertz CT molecular complexity index is 720. The highest BCUT2D eigenvalue weighted by atomic mass is 35.5. The lowest BCUT2D eigenvalue weighted by molar-refractivity contribution is -0.119. The summed E-state index contributed by atoms with van der Waals surface area (Å²) >= 11 is 5.96. The first kappa shape index (κ1) is 21.3. The van der Waals surface area contributed by atoms with Crippen LogP contribution in [0.3, 0.4) is 0 Å². The van der Waals surface area contributed by atoms with E-state index in [2.05, 4.69) is 5.32 Å². The van der Waals surface area contributed by atoms with E-state index in [4.69, 9.17) is 22.1 Å². The highest BCUT2D eigenvalue weighted by Crippen LogP contribution is 2.23. The summed E-state index contributed by atoms with van der Waals surface area (Å²) in [5, 5.41) is 3.60. The maximum atomic E-state index is 12.1. The molecule has 4 nitrogen and oxygen atoms in total. The molecule has 0 bridgehead atoms. The number of nitrogens with one attached hydrogen (secondary N) is 1. The second-order valence-electron chi connectivity index (χ2n) is 6.03. The summed E-state index contributed by atoms with van der Waals surface area (Å²) < 4.78 is 5.78. The van der Waals surface area contributed by atoms with Crippen LogP contribution in [0.4, 0.5) is 5.69 Å². The number of amides is 1. The summed E-state index contributed by atoms with van der Waals surface area (Å²) in [5.74, 6) is 0.412. The Morgan fingerprint density at radius 1 is 1.24 bits per heavy atom. The first-order chi connectivity index (χ1) is 11.4. The predicted octanol–water partition coefficient (Wildman–Crippen LogP) is 4.57. The Labute approximate surface area is 160 Å². The van der Waals surface area contributed by atoms with E-state index in [1.54, 1.807) is 0 Å². The highest BCUT2D eigenvalue weighted by molar-refractivity contribution is 6.30. The number of anilines is 1. The minimum Gasteiger partial charge on any atom is -0.489 e. The number of hydrogen-bond donors (Lipinski definition) is 2. The van der Waals surface area contributed by atoms with Gasteiger partial charge in [0.05, 0.1) is 5.92 Å². The second kappa shape index (κ2) is 9.66. The standard InChI is InChI=1S/C19H23ClN2O2.ClH/c1-12-9-17(24-11-15-5-4-6-16(20)10-15)7-8-18(12)22-19(23)13(2)14(3)21;/h4-10,13-14H,11,21H2,1-3H3,(H,22,23);1H. The van der Waals surface area contributed by atoms with Gasteiger partial charge in [0.15, 0.2) is 0 Å².